The Bertz CT molecular complexity index is 585. The van der Waals surface area contributed by atoms with Gasteiger partial charge < -0.3 is 10.4 Å². The fourth-order valence-electron chi connectivity index (χ4n) is 1.28. The monoisotopic (exact) mass is 289 g/mol. The second kappa shape index (κ2) is 6.28. The molecule has 0 fully saturated rings. The third-order valence-corrected chi connectivity index (χ3v) is 3.61. The van der Waals surface area contributed by atoms with Crippen molar-refractivity contribution in [1.82, 2.24) is 0 Å². The molecule has 0 saturated heterocycles. The number of carbonyl (C=O) groups is 2. The van der Waals surface area contributed by atoms with E-state index in [0.717, 1.165) is 6.07 Å². The first kappa shape index (κ1) is 15.1. The van der Waals surface area contributed by atoms with E-state index in [1.165, 1.54) is 18.2 Å². The van der Waals surface area contributed by atoms with E-state index >= 15 is 0 Å². The minimum absolute atomic E-state index is 0.137. The molecule has 1 rings (SSSR count). The molecule has 1 aromatic rings. The minimum Gasteiger partial charge on any atom is -0.481 e. The maximum absolute atomic E-state index is 12.8. The van der Waals surface area contributed by atoms with Crippen LogP contribution >= 0.6 is 0 Å². The zero-order chi connectivity index (χ0) is 14.5. The lowest BCUT2D eigenvalue weighted by molar-refractivity contribution is -0.136. The lowest BCUT2D eigenvalue weighted by Gasteiger charge is -2.05. The van der Waals surface area contributed by atoms with E-state index in [1.807, 2.05) is 0 Å². The number of benzene rings is 1. The molecule has 0 heterocycles. The van der Waals surface area contributed by atoms with Crippen molar-refractivity contribution in [3.63, 3.8) is 0 Å². The molecule has 0 aromatic heterocycles. The molecule has 1 aromatic carbocycles. The summed E-state index contributed by atoms with van der Waals surface area (Å²) < 4.78 is 35.6. The molecule has 0 unspecified atom stereocenters. The molecule has 0 saturated carbocycles. The Morgan fingerprint density at radius 3 is 2.58 bits per heavy atom. The number of hydrogen-bond donors (Lipinski definition) is 2. The Morgan fingerprint density at radius 2 is 2.00 bits per heavy atom. The number of carbonyl (C=O) groups excluding carboxylic acids is 1. The van der Waals surface area contributed by atoms with Gasteiger partial charge in [0, 0.05) is 5.69 Å². The highest BCUT2D eigenvalue weighted by atomic mass is 32.2. The van der Waals surface area contributed by atoms with Gasteiger partial charge >= 0.3 is 5.97 Å². The Hall–Kier alpha value is -1.96. The molecule has 6 nitrogen and oxygen atoms in total. The van der Waals surface area contributed by atoms with E-state index in [9.17, 15) is 22.4 Å². The minimum atomic E-state index is -3.79. The number of hydrogen-bond acceptors (Lipinski definition) is 4. The molecule has 0 spiro atoms. The summed E-state index contributed by atoms with van der Waals surface area (Å²) >= 11 is 0. The van der Waals surface area contributed by atoms with Crippen LogP contribution in [0.3, 0.4) is 0 Å². The van der Waals surface area contributed by atoms with Gasteiger partial charge in [0.05, 0.1) is 12.2 Å². The zero-order valence-electron chi connectivity index (χ0n) is 9.80. The standard InChI is InChI=1S/C11H12FNO5S/c12-8-2-1-3-9(6-8)13-10(14)7-19(17,18)5-4-11(15)16/h1-3,6H,4-5,7H2,(H,13,14)(H,15,16). The first-order chi connectivity index (χ1) is 8.78. The number of nitrogens with one attached hydrogen (secondary N) is 1. The molecule has 19 heavy (non-hydrogen) atoms. The van der Waals surface area contributed by atoms with Crippen molar-refractivity contribution in [2.24, 2.45) is 0 Å². The lowest BCUT2D eigenvalue weighted by atomic mass is 10.3. The largest absolute Gasteiger partial charge is 0.481 e. The summed E-state index contributed by atoms with van der Waals surface area (Å²) in [5.41, 5.74) is 0.137. The third-order valence-electron chi connectivity index (χ3n) is 2.09. The average Bonchev–Trinajstić information content (AvgIpc) is 2.25. The van der Waals surface area contributed by atoms with Gasteiger partial charge in [-0.1, -0.05) is 6.07 Å². The number of carboxylic acids is 1. The summed E-state index contributed by atoms with van der Waals surface area (Å²) in [5, 5.41) is 10.6. The first-order valence-electron chi connectivity index (χ1n) is 5.26. The number of amides is 1. The van der Waals surface area contributed by atoms with Crippen molar-refractivity contribution >= 4 is 27.4 Å². The second-order valence-corrected chi connectivity index (χ2v) is 5.98. The Kier molecular flexibility index (Phi) is 4.99. The summed E-state index contributed by atoms with van der Waals surface area (Å²) in [6.45, 7) is 0. The Balaban J connectivity index is 2.58. The van der Waals surface area contributed by atoms with Crippen LogP contribution in [-0.2, 0) is 19.4 Å². The molecule has 0 atom stereocenters. The number of aliphatic carboxylic acids is 1. The van der Waals surface area contributed by atoms with Gasteiger partial charge in [0.15, 0.2) is 9.84 Å². The van der Waals surface area contributed by atoms with Crippen LogP contribution in [0.5, 0.6) is 0 Å². The molecule has 0 radical (unpaired) electrons. The molecule has 104 valence electrons. The molecule has 2 N–H and O–H groups in total. The van der Waals surface area contributed by atoms with Gasteiger partial charge in [0.25, 0.3) is 0 Å². The van der Waals surface area contributed by atoms with Crippen molar-refractivity contribution in [3.05, 3.63) is 30.1 Å². The molecular formula is C11H12FNO5S. The Morgan fingerprint density at radius 1 is 1.32 bits per heavy atom. The fourth-order valence-corrected chi connectivity index (χ4v) is 2.38. The van der Waals surface area contributed by atoms with E-state index in [-0.39, 0.29) is 5.69 Å². The average molecular weight is 289 g/mol. The number of halogens is 1. The van der Waals surface area contributed by atoms with Gasteiger partial charge in [-0.3, -0.25) is 9.59 Å². The normalized spacial score (nSPS) is 11.0. The van der Waals surface area contributed by atoms with Crippen molar-refractivity contribution in [3.8, 4) is 0 Å². The summed E-state index contributed by atoms with van der Waals surface area (Å²) in [7, 11) is -3.79. The van der Waals surface area contributed by atoms with Crippen LogP contribution < -0.4 is 5.32 Å². The van der Waals surface area contributed by atoms with E-state index in [4.69, 9.17) is 5.11 Å². The smallest absolute Gasteiger partial charge is 0.304 e. The van der Waals surface area contributed by atoms with Crippen LogP contribution in [0.2, 0.25) is 0 Å². The van der Waals surface area contributed by atoms with E-state index in [1.54, 1.807) is 0 Å². The SMILES string of the molecule is O=C(O)CCS(=O)(=O)CC(=O)Nc1cccc(F)c1. The van der Waals surface area contributed by atoms with Gasteiger partial charge in [0.2, 0.25) is 5.91 Å². The van der Waals surface area contributed by atoms with Crippen LogP contribution in [-0.4, -0.2) is 36.9 Å². The van der Waals surface area contributed by atoms with E-state index < -0.39 is 45.5 Å². The second-order valence-electron chi connectivity index (χ2n) is 3.79. The molecule has 0 bridgehead atoms. The van der Waals surface area contributed by atoms with Gasteiger partial charge in [-0.05, 0) is 18.2 Å². The molecule has 0 aliphatic rings. The quantitative estimate of drug-likeness (QED) is 0.801. The highest BCUT2D eigenvalue weighted by molar-refractivity contribution is 7.92. The van der Waals surface area contributed by atoms with E-state index in [2.05, 4.69) is 5.32 Å². The van der Waals surface area contributed by atoms with Crippen LogP contribution in [0, 0.1) is 5.82 Å². The topological polar surface area (TPSA) is 101 Å². The predicted molar refractivity (Wildman–Crippen MR) is 65.9 cm³/mol. The molecule has 0 aliphatic carbocycles. The maximum Gasteiger partial charge on any atom is 0.304 e. The number of carboxylic acid groups (broad SMARTS) is 1. The van der Waals surface area contributed by atoms with Gasteiger partial charge in [-0.15, -0.1) is 0 Å². The van der Waals surface area contributed by atoms with Crippen molar-refractivity contribution < 1.29 is 27.5 Å². The fraction of sp³-hybridized carbons (Fsp3) is 0.273. The zero-order valence-corrected chi connectivity index (χ0v) is 10.6. The van der Waals surface area contributed by atoms with Crippen LogP contribution in [0.25, 0.3) is 0 Å². The first-order valence-corrected chi connectivity index (χ1v) is 7.08. The maximum atomic E-state index is 12.8. The molecular weight excluding hydrogens is 277 g/mol. The van der Waals surface area contributed by atoms with Crippen molar-refractivity contribution in [2.75, 3.05) is 16.8 Å². The number of rotatable bonds is 6. The number of anilines is 1. The summed E-state index contributed by atoms with van der Waals surface area (Å²) in [6.07, 6.45) is -0.560. The molecule has 0 aliphatic heterocycles. The summed E-state index contributed by atoms with van der Waals surface area (Å²) in [4.78, 5) is 21.7. The van der Waals surface area contributed by atoms with Gasteiger partial charge in [-0.2, -0.15) is 0 Å². The summed E-state index contributed by atoms with van der Waals surface area (Å²) in [5.74, 6) is -4.10. The van der Waals surface area contributed by atoms with Gasteiger partial charge in [0.1, 0.15) is 11.6 Å². The predicted octanol–water partition coefficient (Wildman–Crippen LogP) is 0.654. The highest BCUT2D eigenvalue weighted by Gasteiger charge is 2.18. The van der Waals surface area contributed by atoms with Crippen LogP contribution in [0.15, 0.2) is 24.3 Å². The summed E-state index contributed by atoms with van der Waals surface area (Å²) in [6, 6.07) is 5.00. The Labute approximate surface area is 109 Å². The van der Waals surface area contributed by atoms with Crippen LogP contribution in [0.4, 0.5) is 10.1 Å². The molecule has 8 heteroatoms. The molecule has 1 amide bonds. The van der Waals surface area contributed by atoms with Crippen molar-refractivity contribution in [1.29, 1.82) is 0 Å². The van der Waals surface area contributed by atoms with Gasteiger partial charge in [-0.25, -0.2) is 12.8 Å². The van der Waals surface area contributed by atoms with Crippen molar-refractivity contribution in [2.45, 2.75) is 6.42 Å². The lowest BCUT2D eigenvalue weighted by Crippen LogP contribution is -2.25. The number of sulfone groups is 1. The van der Waals surface area contributed by atoms with E-state index in [0.29, 0.717) is 0 Å². The van der Waals surface area contributed by atoms with Crippen LogP contribution in [0.1, 0.15) is 6.42 Å². The highest BCUT2D eigenvalue weighted by Crippen LogP contribution is 2.09. The third kappa shape index (κ3) is 5.96.